The quantitative estimate of drug-likeness (QED) is 0.301. The van der Waals surface area contributed by atoms with Crippen LogP contribution in [-0.2, 0) is 20.8 Å². The zero-order chi connectivity index (χ0) is 30.0. The molecule has 3 fully saturated rings. The zero-order valence-electron chi connectivity index (χ0n) is 25.7. The van der Waals surface area contributed by atoms with Gasteiger partial charge in [-0.2, -0.15) is 0 Å². The van der Waals surface area contributed by atoms with E-state index in [0.717, 1.165) is 80.9 Å². The number of aromatic nitrogens is 3. The highest BCUT2D eigenvalue weighted by atomic mass is 16.7. The van der Waals surface area contributed by atoms with Gasteiger partial charge in [-0.15, -0.1) is 0 Å². The normalized spacial score (nSPS) is 24.3. The van der Waals surface area contributed by atoms with Crippen LogP contribution in [0.2, 0.25) is 0 Å². The number of nitrogens with zero attached hydrogens (tertiary/aromatic N) is 4. The zero-order valence-corrected chi connectivity index (χ0v) is 25.7. The summed E-state index contributed by atoms with van der Waals surface area (Å²) in [7, 11) is 0. The second kappa shape index (κ2) is 12.2. The first-order valence-electron chi connectivity index (χ1n) is 15.5. The van der Waals surface area contributed by atoms with Gasteiger partial charge < -0.3 is 28.2 Å². The minimum absolute atomic E-state index is 0.172. The third-order valence-electron chi connectivity index (χ3n) is 8.54. The monoisotopic (exact) mass is 586 g/mol. The second-order valence-corrected chi connectivity index (χ2v) is 13.3. The van der Waals surface area contributed by atoms with Crippen molar-refractivity contribution in [1.82, 2.24) is 19.6 Å². The minimum atomic E-state index is -0.463. The fourth-order valence-electron chi connectivity index (χ4n) is 6.36. The summed E-state index contributed by atoms with van der Waals surface area (Å²) in [5, 5.41) is 4.30. The van der Waals surface area contributed by atoms with E-state index in [4.69, 9.17) is 18.7 Å². The molecule has 6 rings (SSSR count). The van der Waals surface area contributed by atoms with Crippen LogP contribution in [0.5, 0.6) is 0 Å². The van der Waals surface area contributed by atoms with Crippen molar-refractivity contribution >= 4 is 6.09 Å². The van der Waals surface area contributed by atoms with Crippen molar-refractivity contribution in [2.75, 3.05) is 19.7 Å². The molecule has 1 saturated carbocycles. The molecule has 9 nitrogen and oxygen atoms in total. The van der Waals surface area contributed by atoms with Crippen molar-refractivity contribution in [2.45, 2.75) is 90.8 Å². The third-order valence-corrected chi connectivity index (χ3v) is 8.54. The van der Waals surface area contributed by atoms with E-state index in [2.05, 4.69) is 22.0 Å². The van der Waals surface area contributed by atoms with Crippen LogP contribution in [0.3, 0.4) is 0 Å². The van der Waals surface area contributed by atoms with Crippen LogP contribution in [-0.4, -0.2) is 57.3 Å². The molecule has 2 atom stereocenters. The van der Waals surface area contributed by atoms with Crippen molar-refractivity contribution in [2.24, 2.45) is 11.3 Å². The largest absolute Gasteiger partial charge is 0.444 e. The van der Waals surface area contributed by atoms with Crippen molar-refractivity contribution in [1.29, 1.82) is 0 Å². The van der Waals surface area contributed by atoms with Gasteiger partial charge in [-0.3, -0.25) is 0 Å². The minimum Gasteiger partial charge on any atom is -0.444 e. The maximum atomic E-state index is 12.4. The van der Waals surface area contributed by atoms with E-state index >= 15 is 0 Å². The van der Waals surface area contributed by atoms with Gasteiger partial charge in [0.1, 0.15) is 23.2 Å². The van der Waals surface area contributed by atoms with Crippen LogP contribution < -0.4 is 0 Å². The highest BCUT2D eigenvalue weighted by Crippen LogP contribution is 2.51. The maximum absolute atomic E-state index is 12.4. The summed E-state index contributed by atoms with van der Waals surface area (Å²) in [4.78, 5) is 18.8. The van der Waals surface area contributed by atoms with E-state index in [9.17, 15) is 4.79 Å². The number of benzene rings is 1. The third kappa shape index (κ3) is 7.14. The molecular weight excluding hydrogens is 544 g/mol. The van der Waals surface area contributed by atoms with Gasteiger partial charge in [0.15, 0.2) is 12.1 Å². The summed E-state index contributed by atoms with van der Waals surface area (Å²) in [6, 6.07) is 10.1. The molecule has 9 heteroatoms. The maximum Gasteiger partial charge on any atom is 0.410 e. The first-order valence-corrected chi connectivity index (χ1v) is 15.5. The number of carbonyl (C=O) groups is 1. The topological polar surface area (TPSA) is 91.9 Å². The van der Waals surface area contributed by atoms with Crippen LogP contribution in [0.15, 0.2) is 47.2 Å². The summed E-state index contributed by atoms with van der Waals surface area (Å²) in [6.07, 6.45) is 9.40. The fraction of sp³-hybridized carbons (Fsp3) is 0.559. The van der Waals surface area contributed by atoms with E-state index in [1.54, 1.807) is 6.20 Å². The molecule has 228 valence electrons. The lowest BCUT2D eigenvalue weighted by atomic mass is 9.62. The van der Waals surface area contributed by atoms with Crippen molar-refractivity contribution in [3.8, 4) is 23.2 Å². The van der Waals surface area contributed by atoms with E-state index in [0.29, 0.717) is 18.2 Å². The second-order valence-electron chi connectivity index (χ2n) is 13.3. The molecule has 4 heterocycles. The molecule has 1 unspecified atom stereocenters. The van der Waals surface area contributed by atoms with Crippen molar-refractivity contribution in [3.63, 3.8) is 0 Å². The first-order chi connectivity index (χ1) is 20.6. The van der Waals surface area contributed by atoms with Crippen LogP contribution in [0.4, 0.5) is 4.79 Å². The number of hydrogen-bond acceptors (Lipinski definition) is 7. The molecule has 0 N–H and O–H groups in total. The Morgan fingerprint density at radius 2 is 2.02 bits per heavy atom. The Labute approximate surface area is 253 Å². The number of hydrogen-bond donors (Lipinski definition) is 0. The summed E-state index contributed by atoms with van der Waals surface area (Å²) in [5.41, 5.74) is 2.49. The van der Waals surface area contributed by atoms with Crippen LogP contribution in [0, 0.1) is 23.2 Å². The summed E-state index contributed by atoms with van der Waals surface area (Å²) >= 11 is 0. The summed E-state index contributed by atoms with van der Waals surface area (Å²) in [6.45, 7) is 10.6. The molecule has 1 amide bonds. The number of carbonyl (C=O) groups excluding carboxylic acids is 1. The molecule has 0 radical (unpaired) electrons. The first kappa shape index (κ1) is 29.5. The highest BCUT2D eigenvalue weighted by Gasteiger charge is 2.49. The Kier molecular flexibility index (Phi) is 8.34. The van der Waals surface area contributed by atoms with E-state index in [1.807, 2.05) is 73.7 Å². The van der Waals surface area contributed by atoms with Gasteiger partial charge >= 0.3 is 6.09 Å². The lowest BCUT2D eigenvalue weighted by Crippen LogP contribution is -2.41. The van der Waals surface area contributed by atoms with E-state index in [1.165, 1.54) is 0 Å². The van der Waals surface area contributed by atoms with Crippen LogP contribution >= 0.6 is 0 Å². The van der Waals surface area contributed by atoms with Gasteiger partial charge in [-0.05, 0) is 95.9 Å². The van der Waals surface area contributed by atoms with Gasteiger partial charge in [0, 0.05) is 55.2 Å². The van der Waals surface area contributed by atoms with E-state index in [-0.39, 0.29) is 23.9 Å². The van der Waals surface area contributed by atoms with Gasteiger partial charge in [0.2, 0.25) is 0 Å². The summed E-state index contributed by atoms with van der Waals surface area (Å²) in [5.74, 6) is 8.72. The lowest BCUT2D eigenvalue weighted by molar-refractivity contribution is -0.188. The number of likely N-dealkylation sites (tertiary alicyclic amines) is 1. The predicted octanol–water partition coefficient (Wildman–Crippen LogP) is 6.58. The average Bonchev–Trinajstić information content (AvgIpc) is 3.72. The van der Waals surface area contributed by atoms with Crippen LogP contribution in [0.25, 0.3) is 11.3 Å². The van der Waals surface area contributed by atoms with Crippen molar-refractivity contribution in [3.05, 3.63) is 59.8 Å². The molecular formula is C34H42N4O5. The van der Waals surface area contributed by atoms with Crippen molar-refractivity contribution < 1.29 is 23.5 Å². The standard InChI is InChI=1S/C34H42N4O5/c1-24(41-30-7-5-6-18-40-30)31-35-15-17-37(31)22-28-19-29(43-36-28)27-12-10-25(11-13-27)8-9-26-20-34(21-26)14-16-38(23-34)32(39)42-33(2,3)4/h10-13,15,17,19,24,26,30H,5-7,14,16,18,20-23H2,1-4H3/t24-,26?,30?,34?/m0/s1. The smallest absolute Gasteiger partial charge is 0.410 e. The summed E-state index contributed by atoms with van der Waals surface area (Å²) < 4.78 is 25.1. The predicted molar refractivity (Wildman–Crippen MR) is 161 cm³/mol. The molecule has 0 bridgehead atoms. The molecule has 1 aromatic carbocycles. The SMILES string of the molecule is C[C@H](OC1CCCCO1)c1nccn1Cc1cc(-c2ccc(C#CC3CC4(CCN(C(=O)OC(C)(C)C)C4)C3)cc2)on1. The molecule has 2 saturated heterocycles. The Hall–Kier alpha value is -3.61. The number of amides is 1. The van der Waals surface area contributed by atoms with Gasteiger partial charge in [-0.1, -0.05) is 17.0 Å². The molecule has 3 aliphatic rings. The number of ether oxygens (including phenoxy) is 3. The molecule has 1 aliphatic carbocycles. The molecule has 3 aromatic rings. The molecule has 2 aliphatic heterocycles. The Balaban J connectivity index is 1.00. The van der Waals surface area contributed by atoms with Gasteiger partial charge in [0.05, 0.1) is 6.54 Å². The Morgan fingerprint density at radius 3 is 2.77 bits per heavy atom. The Morgan fingerprint density at radius 1 is 1.21 bits per heavy atom. The number of imidazole rings is 1. The van der Waals surface area contributed by atoms with Gasteiger partial charge in [-0.25, -0.2) is 9.78 Å². The fourth-order valence-corrected chi connectivity index (χ4v) is 6.36. The molecule has 43 heavy (non-hydrogen) atoms. The average molecular weight is 587 g/mol. The highest BCUT2D eigenvalue weighted by molar-refractivity contribution is 5.68. The molecule has 1 spiro atoms. The lowest BCUT2D eigenvalue weighted by Gasteiger charge is -2.42. The van der Waals surface area contributed by atoms with Crippen LogP contribution in [0.1, 0.15) is 89.4 Å². The van der Waals surface area contributed by atoms with Gasteiger partial charge in [0.25, 0.3) is 0 Å². The Bertz CT molecular complexity index is 1460. The number of rotatable bonds is 6. The molecule has 2 aromatic heterocycles. The van der Waals surface area contributed by atoms with E-state index < -0.39 is 5.60 Å².